The number of rotatable bonds is 4. The van der Waals surface area contributed by atoms with Crippen molar-refractivity contribution in [2.45, 2.75) is 6.42 Å². The summed E-state index contributed by atoms with van der Waals surface area (Å²) in [4.78, 5) is 10.6. The summed E-state index contributed by atoms with van der Waals surface area (Å²) in [7, 11) is 1.61. The largest absolute Gasteiger partial charge is 0.497 e. The highest BCUT2D eigenvalue weighted by atomic mass is 16.5. The summed E-state index contributed by atoms with van der Waals surface area (Å²) < 4.78 is 5.06. The first-order valence-electron chi connectivity index (χ1n) is 4.57. The van der Waals surface area contributed by atoms with Gasteiger partial charge in [-0.2, -0.15) is 5.26 Å². The van der Waals surface area contributed by atoms with Crippen molar-refractivity contribution in [2.24, 2.45) is 0 Å². The molecule has 15 heavy (non-hydrogen) atoms. The molecule has 0 bridgehead atoms. The molecule has 1 aromatic carbocycles. The van der Waals surface area contributed by atoms with Gasteiger partial charge in [0.1, 0.15) is 5.75 Å². The van der Waals surface area contributed by atoms with E-state index in [2.05, 4.69) is 5.32 Å². The molecule has 4 nitrogen and oxygen atoms in total. The number of nitrogens with one attached hydrogen (secondary N) is 1. The second kappa shape index (κ2) is 5.66. The number of hydrogen-bond donors (Lipinski definition) is 1. The van der Waals surface area contributed by atoms with Crippen LogP contribution < -0.4 is 10.1 Å². The summed E-state index contributed by atoms with van der Waals surface area (Å²) >= 11 is 0. The smallest absolute Gasteiger partial charge is 0.322 e. The Morgan fingerprint density at radius 2 is 2.40 bits per heavy atom. The zero-order valence-electron chi connectivity index (χ0n) is 8.49. The van der Waals surface area contributed by atoms with Gasteiger partial charge < -0.3 is 10.1 Å². The predicted octanol–water partition coefficient (Wildman–Crippen LogP) is 0.877. The quantitative estimate of drug-likeness (QED) is 0.740. The molecule has 0 atom stereocenters. The third kappa shape index (κ3) is 3.69. The van der Waals surface area contributed by atoms with Gasteiger partial charge in [0.25, 0.3) is 0 Å². The summed E-state index contributed by atoms with van der Waals surface area (Å²) in [5.74, 6) is 0.192. The van der Waals surface area contributed by atoms with Gasteiger partial charge in [-0.1, -0.05) is 12.1 Å². The second-order valence-electron chi connectivity index (χ2n) is 2.97. The fourth-order valence-corrected chi connectivity index (χ4v) is 1.19. The molecule has 1 amide bonds. The van der Waals surface area contributed by atoms with Crippen molar-refractivity contribution in [3.8, 4) is 11.8 Å². The van der Waals surface area contributed by atoms with Crippen LogP contribution in [0.25, 0.3) is 0 Å². The van der Waals surface area contributed by atoms with Crippen molar-refractivity contribution in [1.29, 1.82) is 5.26 Å². The lowest BCUT2D eigenvalue weighted by Gasteiger charge is -2.04. The Morgan fingerprint density at radius 3 is 3.07 bits per heavy atom. The van der Waals surface area contributed by atoms with E-state index in [9.17, 15) is 4.79 Å². The van der Waals surface area contributed by atoms with Gasteiger partial charge in [0.05, 0.1) is 7.11 Å². The van der Waals surface area contributed by atoms with Gasteiger partial charge in [-0.15, -0.1) is 0 Å². The molecule has 1 rings (SSSR count). The maximum Gasteiger partial charge on any atom is 0.322 e. The Kier molecular flexibility index (Phi) is 4.17. The average Bonchev–Trinajstić information content (AvgIpc) is 2.29. The average molecular weight is 204 g/mol. The predicted molar refractivity (Wildman–Crippen MR) is 55.3 cm³/mol. The topological polar surface area (TPSA) is 62.1 Å². The Morgan fingerprint density at radius 1 is 1.60 bits per heavy atom. The molecule has 0 unspecified atom stereocenters. The second-order valence-corrected chi connectivity index (χ2v) is 2.97. The van der Waals surface area contributed by atoms with Crippen molar-refractivity contribution < 1.29 is 9.53 Å². The van der Waals surface area contributed by atoms with E-state index < -0.39 is 5.91 Å². The fourth-order valence-electron chi connectivity index (χ4n) is 1.19. The van der Waals surface area contributed by atoms with E-state index in [1.54, 1.807) is 7.11 Å². The number of ether oxygens (including phenoxy) is 1. The highest BCUT2D eigenvalue weighted by Crippen LogP contribution is 2.12. The minimum Gasteiger partial charge on any atom is -0.497 e. The monoisotopic (exact) mass is 204 g/mol. The van der Waals surface area contributed by atoms with Crippen LogP contribution in [0.5, 0.6) is 5.75 Å². The van der Waals surface area contributed by atoms with Gasteiger partial charge in [-0.05, 0) is 24.1 Å². The number of nitrogens with zero attached hydrogens (tertiary/aromatic N) is 1. The number of methoxy groups -OCH3 is 1. The molecular formula is C11H12N2O2. The molecule has 0 aliphatic carbocycles. The van der Waals surface area contributed by atoms with Crippen LogP contribution in [0, 0.1) is 11.3 Å². The maximum absolute atomic E-state index is 10.6. The van der Waals surface area contributed by atoms with Gasteiger partial charge >= 0.3 is 5.91 Å². The molecule has 1 aromatic rings. The first kappa shape index (κ1) is 11.1. The third-order valence-corrected chi connectivity index (χ3v) is 1.93. The minimum atomic E-state index is -0.599. The molecule has 4 heteroatoms. The van der Waals surface area contributed by atoms with Gasteiger partial charge in [0.2, 0.25) is 0 Å². The molecule has 1 N–H and O–H groups in total. The molecule has 0 radical (unpaired) electrons. The molecule has 0 aliphatic rings. The van der Waals surface area contributed by atoms with Crippen LogP contribution in [-0.2, 0) is 11.2 Å². The minimum absolute atomic E-state index is 0.458. The van der Waals surface area contributed by atoms with Gasteiger partial charge in [-0.25, -0.2) is 0 Å². The lowest BCUT2D eigenvalue weighted by molar-refractivity contribution is -0.115. The number of nitriles is 1. The first-order valence-corrected chi connectivity index (χ1v) is 4.57. The van der Waals surface area contributed by atoms with Gasteiger partial charge in [0.15, 0.2) is 6.07 Å². The van der Waals surface area contributed by atoms with Crippen molar-refractivity contribution in [2.75, 3.05) is 13.7 Å². The Hall–Kier alpha value is -2.02. The number of amides is 1. The molecule has 0 aliphatic heterocycles. The van der Waals surface area contributed by atoms with E-state index in [0.29, 0.717) is 13.0 Å². The van der Waals surface area contributed by atoms with E-state index >= 15 is 0 Å². The number of carbonyl (C=O) groups is 1. The van der Waals surface area contributed by atoms with Crippen LogP contribution in [0.1, 0.15) is 5.56 Å². The fraction of sp³-hybridized carbons (Fsp3) is 0.273. The van der Waals surface area contributed by atoms with E-state index in [-0.39, 0.29) is 0 Å². The highest BCUT2D eigenvalue weighted by molar-refractivity contribution is 5.91. The van der Waals surface area contributed by atoms with Crippen molar-refractivity contribution in [3.63, 3.8) is 0 Å². The lowest BCUT2D eigenvalue weighted by atomic mass is 10.1. The van der Waals surface area contributed by atoms with Gasteiger partial charge in [0, 0.05) is 6.54 Å². The van der Waals surface area contributed by atoms with E-state index in [4.69, 9.17) is 10.00 Å². The lowest BCUT2D eigenvalue weighted by Crippen LogP contribution is -2.23. The molecular weight excluding hydrogens is 192 g/mol. The molecule has 0 spiro atoms. The molecule has 0 saturated heterocycles. The summed E-state index contributed by atoms with van der Waals surface area (Å²) in [5.41, 5.74) is 1.06. The Balaban J connectivity index is 2.44. The maximum atomic E-state index is 10.6. The van der Waals surface area contributed by atoms with Crippen LogP contribution in [-0.4, -0.2) is 19.6 Å². The van der Waals surface area contributed by atoms with Crippen LogP contribution in [0.4, 0.5) is 0 Å². The van der Waals surface area contributed by atoms with E-state index in [1.807, 2.05) is 24.3 Å². The molecule has 0 heterocycles. The normalized spacial score (nSPS) is 9.07. The third-order valence-electron chi connectivity index (χ3n) is 1.93. The summed E-state index contributed by atoms with van der Waals surface area (Å²) in [5, 5.41) is 10.7. The standard InChI is InChI=1S/C11H12N2O2/c1-15-10-4-2-3-9(7-10)5-6-13-11(14)8-12/h2-4,7H,5-6H2,1H3,(H,13,14). The van der Waals surface area contributed by atoms with Crippen molar-refractivity contribution in [3.05, 3.63) is 29.8 Å². The SMILES string of the molecule is COc1cccc(CCNC(=O)C#N)c1. The van der Waals surface area contributed by atoms with Gasteiger partial charge in [-0.3, -0.25) is 4.79 Å². The Bertz CT molecular complexity index is 382. The number of benzene rings is 1. The zero-order chi connectivity index (χ0) is 11.1. The summed E-state index contributed by atoms with van der Waals surface area (Å²) in [6.45, 7) is 0.458. The van der Waals surface area contributed by atoms with Crippen LogP contribution in [0.2, 0.25) is 0 Å². The summed E-state index contributed by atoms with van der Waals surface area (Å²) in [6, 6.07) is 9.09. The highest BCUT2D eigenvalue weighted by Gasteiger charge is 1.98. The van der Waals surface area contributed by atoms with Crippen LogP contribution >= 0.6 is 0 Å². The van der Waals surface area contributed by atoms with Crippen LogP contribution in [0.15, 0.2) is 24.3 Å². The Labute approximate surface area is 88.5 Å². The van der Waals surface area contributed by atoms with Crippen LogP contribution in [0.3, 0.4) is 0 Å². The zero-order valence-corrected chi connectivity index (χ0v) is 8.49. The summed E-state index contributed by atoms with van der Waals surface area (Å²) in [6.07, 6.45) is 0.685. The molecule has 0 saturated carbocycles. The molecule has 0 fully saturated rings. The molecule has 78 valence electrons. The van der Waals surface area contributed by atoms with E-state index in [0.717, 1.165) is 11.3 Å². The first-order chi connectivity index (χ1) is 7.26. The van der Waals surface area contributed by atoms with Crippen molar-refractivity contribution >= 4 is 5.91 Å². The number of carbonyl (C=O) groups excluding carboxylic acids is 1. The molecule has 0 aromatic heterocycles. The van der Waals surface area contributed by atoms with Crippen molar-refractivity contribution in [1.82, 2.24) is 5.32 Å². The number of hydrogen-bond acceptors (Lipinski definition) is 3. The van der Waals surface area contributed by atoms with E-state index in [1.165, 1.54) is 6.07 Å².